The van der Waals surface area contributed by atoms with Crippen LogP contribution < -0.4 is 31.1 Å². The Balaban J connectivity index is 1.15. The molecule has 3 heterocycles. The molecule has 9 aromatic rings. The molecule has 382 valence electrons. The molecule has 4 aliphatic rings. The zero-order chi connectivity index (χ0) is 53.2. The number of rotatable bonds is 5. The Bertz CT molecular complexity index is 3850. The summed E-state index contributed by atoms with van der Waals surface area (Å²) < 4.78 is 2.65. The monoisotopic (exact) mass is 1010 g/mol. The van der Waals surface area contributed by atoms with Crippen LogP contribution in [0.3, 0.4) is 0 Å². The highest BCUT2D eigenvalue weighted by molar-refractivity contribution is 7.26. The summed E-state index contributed by atoms with van der Waals surface area (Å²) in [6.07, 6.45) is 4.69. The number of anilines is 9. The molecule has 0 radical (unpaired) electrons. The number of para-hydroxylation sites is 2. The Morgan fingerprint density at radius 2 is 1.05 bits per heavy atom. The Morgan fingerprint density at radius 1 is 0.474 bits per heavy atom. The number of hydrogen-bond acceptors (Lipinski definition) is 4. The molecule has 0 N–H and O–H groups in total. The topological polar surface area (TPSA) is 9.72 Å². The fourth-order valence-corrected chi connectivity index (χ4v) is 15.2. The van der Waals surface area contributed by atoms with Crippen LogP contribution in [0.2, 0.25) is 0 Å². The van der Waals surface area contributed by atoms with Gasteiger partial charge in [0.05, 0.1) is 5.69 Å². The lowest BCUT2D eigenvalue weighted by atomic mass is 9.33. The Morgan fingerprint density at radius 3 is 1.68 bits per heavy atom. The van der Waals surface area contributed by atoms with Gasteiger partial charge in [0.1, 0.15) is 0 Å². The third-order valence-electron chi connectivity index (χ3n) is 18.8. The van der Waals surface area contributed by atoms with Gasteiger partial charge in [0.15, 0.2) is 0 Å². The van der Waals surface area contributed by atoms with Crippen molar-refractivity contribution in [3.63, 3.8) is 0 Å². The van der Waals surface area contributed by atoms with Gasteiger partial charge in [0, 0.05) is 65.7 Å². The van der Waals surface area contributed by atoms with Gasteiger partial charge in [0.25, 0.3) is 6.71 Å². The van der Waals surface area contributed by atoms with E-state index < -0.39 is 0 Å². The molecule has 13 rings (SSSR count). The summed E-state index contributed by atoms with van der Waals surface area (Å²) in [6, 6.07) is 57.5. The van der Waals surface area contributed by atoms with Gasteiger partial charge in [-0.05, 0) is 207 Å². The van der Waals surface area contributed by atoms with Crippen molar-refractivity contribution >= 4 is 106 Å². The average molecular weight is 1010 g/mol. The molecule has 0 saturated heterocycles. The lowest BCUT2D eigenvalue weighted by Gasteiger charge is -2.48. The number of nitrogens with zero attached hydrogens (tertiary/aromatic N) is 3. The SMILES string of the molecule is Cc1cc2c3c(c1)N(c1cccc4sc5cc(C(C)(C)C)ccc5c14)c1cc(N(c4ccccc4C)c4ccccc4C)ccc1B3c1cc3c(cc1N2c1ccc2c(c1)C(C)(C)CCC2(C)C)C(C)(C)CCC3(C)C. The standard InChI is InChI=1S/C71H74BN3S/c1-43-36-61-66-62(37-43)75(58-24-19-25-63-65(58)49-29-26-46(67(4,5)6)38-64(49)76-63)59-40-48(73(56-22-17-15-20-44(56)2)57-23-18-16-21-45(57)3)28-31-54(59)72(66)55-41-52-53(71(13,14)35-34-70(52,11)12)42-60(55)74(61)47-27-30-50-51(39-47)69(9,10)33-32-68(50,7)8/h15-31,36-42H,32-35H2,1-14H3. The van der Waals surface area contributed by atoms with Crippen molar-refractivity contribution < 1.29 is 0 Å². The summed E-state index contributed by atoms with van der Waals surface area (Å²) in [5.41, 5.74) is 26.5. The molecule has 1 aromatic heterocycles. The second-order valence-corrected chi connectivity index (χ2v) is 28.0. The second kappa shape index (κ2) is 16.7. The lowest BCUT2D eigenvalue weighted by Crippen LogP contribution is -2.62. The highest BCUT2D eigenvalue weighted by Gasteiger charge is 2.48. The van der Waals surface area contributed by atoms with Gasteiger partial charge in [-0.1, -0.05) is 149 Å². The van der Waals surface area contributed by atoms with Crippen LogP contribution in [0, 0.1) is 20.8 Å². The Kier molecular flexibility index (Phi) is 10.8. The molecular weight excluding hydrogens is 938 g/mol. The fraction of sp³-hybridized carbons (Fsp3) is 0.324. The summed E-state index contributed by atoms with van der Waals surface area (Å²) in [4.78, 5) is 7.90. The first-order valence-corrected chi connectivity index (χ1v) is 28.9. The molecule has 3 nitrogen and oxygen atoms in total. The fourth-order valence-electron chi connectivity index (χ4n) is 14.1. The van der Waals surface area contributed by atoms with Crippen LogP contribution in [0.15, 0.2) is 146 Å². The van der Waals surface area contributed by atoms with Crippen molar-refractivity contribution in [2.45, 2.75) is 150 Å². The smallest absolute Gasteiger partial charge is 0.252 e. The van der Waals surface area contributed by atoms with Crippen LogP contribution in [0.5, 0.6) is 0 Å². The minimum atomic E-state index is -0.0190. The first-order valence-electron chi connectivity index (χ1n) is 28.1. The first-order chi connectivity index (χ1) is 36.0. The first kappa shape index (κ1) is 49.0. The third kappa shape index (κ3) is 7.41. The number of fused-ring (bicyclic) bond motifs is 9. The van der Waals surface area contributed by atoms with Crippen molar-refractivity contribution in [1.29, 1.82) is 0 Å². The van der Waals surface area contributed by atoms with Crippen molar-refractivity contribution in [3.8, 4) is 0 Å². The highest BCUT2D eigenvalue weighted by Crippen LogP contribution is 2.54. The third-order valence-corrected chi connectivity index (χ3v) is 19.9. The lowest BCUT2D eigenvalue weighted by molar-refractivity contribution is 0.332. The van der Waals surface area contributed by atoms with Gasteiger partial charge in [-0.3, -0.25) is 0 Å². The number of thiophene rings is 1. The Labute approximate surface area is 457 Å². The summed E-state index contributed by atoms with van der Waals surface area (Å²) in [5, 5.41) is 2.63. The maximum absolute atomic E-state index is 2.71. The molecular formula is C71H74BN3S. The number of benzene rings is 8. The second-order valence-electron chi connectivity index (χ2n) is 26.9. The molecule has 0 spiro atoms. The molecule has 0 atom stereocenters. The van der Waals surface area contributed by atoms with E-state index in [1.54, 1.807) is 0 Å². The van der Waals surface area contributed by atoms with E-state index in [4.69, 9.17) is 0 Å². The summed E-state index contributed by atoms with van der Waals surface area (Å²) in [6.45, 7) is 33.6. The molecule has 0 amide bonds. The van der Waals surface area contributed by atoms with E-state index in [-0.39, 0.29) is 33.8 Å². The van der Waals surface area contributed by atoms with Gasteiger partial charge in [-0.25, -0.2) is 0 Å². The maximum Gasteiger partial charge on any atom is 0.252 e. The van der Waals surface area contributed by atoms with Crippen LogP contribution in [0.4, 0.5) is 51.2 Å². The maximum atomic E-state index is 2.71. The molecule has 0 bridgehead atoms. The van der Waals surface area contributed by atoms with E-state index in [1.807, 2.05) is 11.3 Å². The predicted molar refractivity (Wildman–Crippen MR) is 332 cm³/mol. The predicted octanol–water partition coefficient (Wildman–Crippen LogP) is 18.5. The quantitative estimate of drug-likeness (QED) is 0.159. The van der Waals surface area contributed by atoms with E-state index in [0.717, 1.165) is 18.5 Å². The Hall–Kier alpha value is -6.56. The van der Waals surface area contributed by atoms with Crippen LogP contribution in [-0.2, 0) is 27.1 Å². The van der Waals surface area contributed by atoms with E-state index in [0.29, 0.717) is 0 Å². The molecule has 0 saturated carbocycles. The zero-order valence-corrected chi connectivity index (χ0v) is 48.3. The molecule has 2 aliphatic heterocycles. The van der Waals surface area contributed by atoms with Crippen LogP contribution in [0.25, 0.3) is 20.2 Å². The van der Waals surface area contributed by atoms with Crippen LogP contribution in [0.1, 0.15) is 146 Å². The minimum Gasteiger partial charge on any atom is -0.311 e. The molecule has 5 heteroatoms. The van der Waals surface area contributed by atoms with Crippen molar-refractivity contribution in [1.82, 2.24) is 0 Å². The van der Waals surface area contributed by atoms with Crippen molar-refractivity contribution in [3.05, 3.63) is 190 Å². The number of hydrogen-bond donors (Lipinski definition) is 0. The summed E-state index contributed by atoms with van der Waals surface area (Å²) in [7, 11) is 0. The molecule has 0 fully saturated rings. The summed E-state index contributed by atoms with van der Waals surface area (Å²) in [5.74, 6) is 0. The van der Waals surface area contributed by atoms with E-state index in [2.05, 4.69) is 257 Å². The van der Waals surface area contributed by atoms with E-state index in [9.17, 15) is 0 Å². The van der Waals surface area contributed by atoms with E-state index >= 15 is 0 Å². The van der Waals surface area contributed by atoms with Gasteiger partial charge >= 0.3 is 0 Å². The average Bonchev–Trinajstić information content (AvgIpc) is 3.92. The zero-order valence-electron chi connectivity index (χ0n) is 47.5. The summed E-state index contributed by atoms with van der Waals surface area (Å²) >= 11 is 1.93. The van der Waals surface area contributed by atoms with Gasteiger partial charge < -0.3 is 14.7 Å². The van der Waals surface area contributed by atoms with Gasteiger partial charge in [-0.2, -0.15) is 0 Å². The van der Waals surface area contributed by atoms with Crippen LogP contribution >= 0.6 is 11.3 Å². The van der Waals surface area contributed by atoms with E-state index in [1.165, 1.54) is 139 Å². The van der Waals surface area contributed by atoms with Gasteiger partial charge in [0.2, 0.25) is 0 Å². The van der Waals surface area contributed by atoms with Crippen molar-refractivity contribution in [2.24, 2.45) is 0 Å². The largest absolute Gasteiger partial charge is 0.311 e. The molecule has 8 aromatic carbocycles. The number of aryl methyl sites for hydroxylation is 3. The minimum absolute atomic E-state index is 0.0190. The van der Waals surface area contributed by atoms with Crippen molar-refractivity contribution in [2.75, 3.05) is 14.7 Å². The van der Waals surface area contributed by atoms with Gasteiger partial charge in [-0.15, -0.1) is 11.3 Å². The highest BCUT2D eigenvalue weighted by atomic mass is 32.1. The normalized spacial score (nSPS) is 17.5. The molecule has 76 heavy (non-hydrogen) atoms. The van der Waals surface area contributed by atoms with Crippen LogP contribution in [-0.4, -0.2) is 6.71 Å². The molecule has 2 aliphatic carbocycles. The molecule has 0 unspecified atom stereocenters.